The molecule has 15 heavy (non-hydrogen) atoms. The average Bonchev–Trinajstić information content (AvgIpc) is 2.59. The fourth-order valence-electron chi connectivity index (χ4n) is 1.32. The zero-order valence-corrected chi connectivity index (χ0v) is 7.99. The number of nitrogens with zero attached hydrogens (tertiary/aromatic N) is 1. The number of anilines is 1. The third kappa shape index (κ3) is 1.52. The van der Waals surface area contributed by atoms with E-state index in [1.807, 2.05) is 0 Å². The number of phenols is 1. The first kappa shape index (κ1) is 9.51. The lowest BCUT2D eigenvalue weighted by Gasteiger charge is -2.04. The minimum Gasteiger partial charge on any atom is -0.507 e. The lowest BCUT2D eigenvalue weighted by atomic mass is 10.1. The molecule has 4 nitrogen and oxygen atoms in total. The van der Waals surface area contributed by atoms with Gasteiger partial charge in [0.15, 0.2) is 0 Å². The lowest BCUT2D eigenvalue weighted by molar-refractivity contribution is 0.435. The standard InChI is InChI=1S/C10H9FN2O2/c1-5-2-3-6(11)9(10(5)14)7-4-8(12)15-13-7/h2-4,14H,12H2,1H3. The van der Waals surface area contributed by atoms with E-state index in [1.165, 1.54) is 18.2 Å². The molecule has 1 heterocycles. The van der Waals surface area contributed by atoms with Gasteiger partial charge in [0, 0.05) is 6.07 Å². The molecule has 0 radical (unpaired) electrons. The van der Waals surface area contributed by atoms with Crippen molar-refractivity contribution in [1.82, 2.24) is 5.16 Å². The lowest BCUT2D eigenvalue weighted by Crippen LogP contribution is -1.88. The van der Waals surface area contributed by atoms with Crippen molar-refractivity contribution in [2.45, 2.75) is 6.92 Å². The molecular formula is C10H9FN2O2. The quantitative estimate of drug-likeness (QED) is 0.752. The molecule has 0 amide bonds. The number of benzene rings is 1. The molecule has 0 saturated heterocycles. The van der Waals surface area contributed by atoms with E-state index in [-0.39, 0.29) is 22.9 Å². The van der Waals surface area contributed by atoms with E-state index < -0.39 is 5.82 Å². The molecule has 0 aliphatic rings. The molecule has 1 aromatic carbocycles. The highest BCUT2D eigenvalue weighted by molar-refractivity contribution is 5.70. The van der Waals surface area contributed by atoms with Gasteiger partial charge in [0.25, 0.3) is 0 Å². The highest BCUT2D eigenvalue weighted by Gasteiger charge is 2.16. The van der Waals surface area contributed by atoms with Crippen molar-refractivity contribution in [3.63, 3.8) is 0 Å². The zero-order valence-electron chi connectivity index (χ0n) is 7.99. The zero-order chi connectivity index (χ0) is 11.0. The Kier molecular flexibility index (Phi) is 2.07. The second-order valence-electron chi connectivity index (χ2n) is 3.20. The fourth-order valence-corrected chi connectivity index (χ4v) is 1.32. The van der Waals surface area contributed by atoms with E-state index in [2.05, 4.69) is 9.68 Å². The molecule has 0 aliphatic carbocycles. The van der Waals surface area contributed by atoms with Crippen LogP contribution in [0.3, 0.4) is 0 Å². The van der Waals surface area contributed by atoms with Crippen molar-refractivity contribution in [2.75, 3.05) is 5.73 Å². The van der Waals surface area contributed by atoms with Crippen molar-refractivity contribution in [2.24, 2.45) is 0 Å². The molecule has 0 saturated carbocycles. The van der Waals surface area contributed by atoms with E-state index in [0.29, 0.717) is 5.56 Å². The number of hydrogen-bond donors (Lipinski definition) is 2. The maximum absolute atomic E-state index is 13.4. The summed E-state index contributed by atoms with van der Waals surface area (Å²) in [6.45, 7) is 1.67. The number of nitrogens with two attached hydrogens (primary N) is 1. The first-order chi connectivity index (χ1) is 7.09. The topological polar surface area (TPSA) is 72.3 Å². The second-order valence-corrected chi connectivity index (χ2v) is 3.20. The Morgan fingerprint density at radius 3 is 2.80 bits per heavy atom. The predicted molar refractivity (Wildman–Crippen MR) is 52.7 cm³/mol. The fraction of sp³-hybridized carbons (Fsp3) is 0.100. The molecule has 0 unspecified atom stereocenters. The van der Waals surface area contributed by atoms with Crippen LogP contribution in [0, 0.1) is 12.7 Å². The Labute approximate surface area is 85.1 Å². The Morgan fingerprint density at radius 2 is 2.20 bits per heavy atom. The molecule has 78 valence electrons. The second kappa shape index (κ2) is 3.27. The number of halogens is 1. The molecule has 0 atom stereocenters. The smallest absolute Gasteiger partial charge is 0.222 e. The monoisotopic (exact) mass is 208 g/mol. The molecule has 3 N–H and O–H groups in total. The SMILES string of the molecule is Cc1ccc(F)c(-c2cc(N)on2)c1O. The molecule has 0 spiro atoms. The van der Waals surface area contributed by atoms with Gasteiger partial charge in [-0.2, -0.15) is 0 Å². The van der Waals surface area contributed by atoms with Gasteiger partial charge < -0.3 is 15.4 Å². The summed E-state index contributed by atoms with van der Waals surface area (Å²) in [5.74, 6) is -0.639. The van der Waals surface area contributed by atoms with Crippen LogP contribution in [0.2, 0.25) is 0 Å². The van der Waals surface area contributed by atoms with Gasteiger partial charge in [-0.05, 0) is 18.6 Å². The van der Waals surface area contributed by atoms with Crippen molar-refractivity contribution in [3.05, 3.63) is 29.6 Å². The Bertz CT molecular complexity index is 508. The van der Waals surface area contributed by atoms with Crippen LogP contribution in [0.4, 0.5) is 10.3 Å². The van der Waals surface area contributed by atoms with Gasteiger partial charge in [-0.15, -0.1) is 0 Å². The van der Waals surface area contributed by atoms with E-state index in [1.54, 1.807) is 6.92 Å². The summed E-state index contributed by atoms with van der Waals surface area (Å²) < 4.78 is 18.1. The molecule has 2 rings (SSSR count). The van der Waals surface area contributed by atoms with E-state index in [9.17, 15) is 9.50 Å². The van der Waals surface area contributed by atoms with Crippen LogP contribution in [0.25, 0.3) is 11.3 Å². The van der Waals surface area contributed by atoms with Crippen molar-refractivity contribution in [1.29, 1.82) is 0 Å². The van der Waals surface area contributed by atoms with Gasteiger partial charge in [-0.3, -0.25) is 0 Å². The minimum absolute atomic E-state index is 0.00968. The van der Waals surface area contributed by atoms with Crippen LogP contribution in [-0.4, -0.2) is 10.3 Å². The van der Waals surface area contributed by atoms with Crippen LogP contribution in [0.1, 0.15) is 5.56 Å². The van der Waals surface area contributed by atoms with Crippen LogP contribution in [0.15, 0.2) is 22.7 Å². The molecular weight excluding hydrogens is 199 g/mol. The Hall–Kier alpha value is -2.04. The number of aromatic hydroxyl groups is 1. The third-order valence-corrected chi connectivity index (χ3v) is 2.11. The Morgan fingerprint density at radius 1 is 1.47 bits per heavy atom. The Balaban J connectivity index is 2.66. The minimum atomic E-state index is -0.564. The first-order valence-electron chi connectivity index (χ1n) is 4.30. The third-order valence-electron chi connectivity index (χ3n) is 2.11. The normalized spacial score (nSPS) is 10.5. The van der Waals surface area contributed by atoms with Crippen LogP contribution in [-0.2, 0) is 0 Å². The maximum Gasteiger partial charge on any atom is 0.222 e. The summed E-state index contributed by atoms with van der Waals surface area (Å²) in [5.41, 5.74) is 6.08. The van der Waals surface area contributed by atoms with Crippen LogP contribution in [0.5, 0.6) is 5.75 Å². The molecule has 5 heteroatoms. The predicted octanol–water partition coefficient (Wildman–Crippen LogP) is 2.08. The number of phenolic OH excluding ortho intramolecular Hbond substituents is 1. The highest BCUT2D eigenvalue weighted by atomic mass is 19.1. The van der Waals surface area contributed by atoms with Crippen molar-refractivity contribution in [3.8, 4) is 17.0 Å². The van der Waals surface area contributed by atoms with Gasteiger partial charge >= 0.3 is 0 Å². The molecule has 0 aliphatic heterocycles. The number of rotatable bonds is 1. The van der Waals surface area contributed by atoms with Crippen LogP contribution >= 0.6 is 0 Å². The number of nitrogen functional groups attached to an aromatic ring is 1. The van der Waals surface area contributed by atoms with Crippen molar-refractivity contribution >= 4 is 5.88 Å². The summed E-state index contributed by atoms with van der Waals surface area (Å²) in [7, 11) is 0. The summed E-state index contributed by atoms with van der Waals surface area (Å²) in [6.07, 6.45) is 0. The highest BCUT2D eigenvalue weighted by Crippen LogP contribution is 2.34. The summed E-state index contributed by atoms with van der Waals surface area (Å²) in [6, 6.07) is 4.10. The molecule has 0 fully saturated rings. The molecule has 0 bridgehead atoms. The van der Waals surface area contributed by atoms with E-state index in [0.717, 1.165) is 0 Å². The molecule has 1 aromatic heterocycles. The largest absolute Gasteiger partial charge is 0.507 e. The number of aromatic nitrogens is 1. The van der Waals surface area contributed by atoms with Gasteiger partial charge in [-0.1, -0.05) is 11.2 Å². The summed E-state index contributed by atoms with van der Waals surface area (Å²) in [4.78, 5) is 0. The molecule has 2 aromatic rings. The van der Waals surface area contributed by atoms with Gasteiger partial charge in [0.1, 0.15) is 17.3 Å². The van der Waals surface area contributed by atoms with Gasteiger partial charge in [0.05, 0.1) is 5.56 Å². The van der Waals surface area contributed by atoms with Crippen molar-refractivity contribution < 1.29 is 14.0 Å². The van der Waals surface area contributed by atoms with E-state index >= 15 is 0 Å². The number of aryl methyl sites for hydroxylation is 1. The van der Waals surface area contributed by atoms with E-state index in [4.69, 9.17) is 5.73 Å². The van der Waals surface area contributed by atoms with Gasteiger partial charge in [-0.25, -0.2) is 4.39 Å². The summed E-state index contributed by atoms with van der Waals surface area (Å²) in [5, 5.41) is 13.2. The number of hydrogen-bond acceptors (Lipinski definition) is 4. The van der Waals surface area contributed by atoms with Crippen LogP contribution < -0.4 is 5.73 Å². The van der Waals surface area contributed by atoms with Gasteiger partial charge in [0.2, 0.25) is 5.88 Å². The first-order valence-corrected chi connectivity index (χ1v) is 4.30. The maximum atomic E-state index is 13.4. The summed E-state index contributed by atoms with van der Waals surface area (Å²) >= 11 is 0. The average molecular weight is 208 g/mol.